The number of ether oxygens (including phenoxy) is 1. The summed E-state index contributed by atoms with van der Waals surface area (Å²) in [5.74, 6) is 0.0731. The monoisotopic (exact) mass is 506 g/mol. The van der Waals surface area contributed by atoms with Crippen LogP contribution in [-0.4, -0.2) is 39.4 Å². The Bertz CT molecular complexity index is 1060. The van der Waals surface area contributed by atoms with E-state index in [4.69, 9.17) is 4.74 Å². The molecule has 0 amide bonds. The molecule has 1 aromatic carbocycles. The van der Waals surface area contributed by atoms with E-state index in [2.05, 4.69) is 19.1 Å². The number of hydrogen-bond donors (Lipinski definition) is 3. The summed E-state index contributed by atoms with van der Waals surface area (Å²) in [6, 6.07) is 10.4. The largest absolute Gasteiger partial charge is 0.504 e. The lowest BCUT2D eigenvalue weighted by molar-refractivity contribution is -0.125. The third kappa shape index (κ3) is 10.0. The molecule has 1 aliphatic rings. The summed E-state index contributed by atoms with van der Waals surface area (Å²) in [4.78, 5) is 11.8. The molecule has 5 atom stereocenters. The maximum absolute atomic E-state index is 11.8. The Labute approximate surface area is 221 Å². The number of aryl methyl sites for hydroxylation is 1. The van der Waals surface area contributed by atoms with Crippen molar-refractivity contribution in [3.63, 3.8) is 0 Å². The van der Waals surface area contributed by atoms with Crippen molar-refractivity contribution in [2.24, 2.45) is 11.8 Å². The molecule has 0 saturated heterocycles. The van der Waals surface area contributed by atoms with Crippen LogP contribution in [0.5, 0.6) is 0 Å². The molecule has 1 aromatic rings. The average Bonchev–Trinajstić information content (AvgIpc) is 2.89. The Kier molecular flexibility index (Phi) is 12.3. The number of carbonyl (C=O) groups is 1. The molecule has 5 heteroatoms. The van der Waals surface area contributed by atoms with Gasteiger partial charge in [0.15, 0.2) is 17.6 Å². The molecule has 0 bridgehead atoms. The number of aliphatic hydroxyl groups excluding tert-OH is 3. The van der Waals surface area contributed by atoms with Crippen molar-refractivity contribution in [3.8, 4) is 0 Å². The molecular weight excluding hydrogens is 464 g/mol. The van der Waals surface area contributed by atoms with Gasteiger partial charge in [-0.3, -0.25) is 4.79 Å². The zero-order chi connectivity index (χ0) is 27.4. The van der Waals surface area contributed by atoms with E-state index >= 15 is 0 Å². The van der Waals surface area contributed by atoms with Crippen LogP contribution in [0, 0.1) is 11.8 Å². The van der Waals surface area contributed by atoms with E-state index in [1.165, 1.54) is 5.56 Å². The first-order valence-corrected chi connectivity index (χ1v) is 13.0. The van der Waals surface area contributed by atoms with Crippen molar-refractivity contribution in [2.45, 2.75) is 72.2 Å². The fraction of sp³-hybridized carbons (Fsp3) is 0.406. The van der Waals surface area contributed by atoms with E-state index in [-0.39, 0.29) is 41.1 Å². The van der Waals surface area contributed by atoms with Crippen molar-refractivity contribution in [3.05, 3.63) is 107 Å². The third-order valence-electron chi connectivity index (χ3n) is 6.61. The van der Waals surface area contributed by atoms with Crippen LogP contribution >= 0.6 is 0 Å². The maximum atomic E-state index is 11.8. The van der Waals surface area contributed by atoms with Crippen LogP contribution in [-0.2, 0) is 16.0 Å². The van der Waals surface area contributed by atoms with Crippen LogP contribution in [0.1, 0.15) is 53.0 Å². The lowest BCUT2D eigenvalue weighted by Gasteiger charge is -2.23. The summed E-state index contributed by atoms with van der Waals surface area (Å²) < 4.78 is 5.43. The molecule has 5 unspecified atom stereocenters. The molecule has 37 heavy (non-hydrogen) atoms. The number of Topliss-reactive ketones (excluding diaryl/α,β-unsaturated/α-hetero) is 1. The second-order valence-corrected chi connectivity index (χ2v) is 9.86. The van der Waals surface area contributed by atoms with Gasteiger partial charge in [-0.1, -0.05) is 92.3 Å². The van der Waals surface area contributed by atoms with Gasteiger partial charge in [0.05, 0.1) is 12.2 Å². The Balaban J connectivity index is 1.79. The highest BCUT2D eigenvalue weighted by Gasteiger charge is 2.28. The topological polar surface area (TPSA) is 87.0 Å². The van der Waals surface area contributed by atoms with E-state index in [9.17, 15) is 20.1 Å². The smallest absolute Gasteiger partial charge is 0.202 e. The van der Waals surface area contributed by atoms with E-state index < -0.39 is 18.3 Å². The number of benzene rings is 1. The second-order valence-electron chi connectivity index (χ2n) is 9.86. The molecular formula is C32H42O5. The summed E-state index contributed by atoms with van der Waals surface area (Å²) in [6.45, 7) is 9.32. The van der Waals surface area contributed by atoms with Crippen molar-refractivity contribution < 1.29 is 24.9 Å². The number of aliphatic hydroxyl groups is 3. The zero-order valence-electron chi connectivity index (χ0n) is 22.7. The fourth-order valence-corrected chi connectivity index (χ4v) is 4.04. The quantitative estimate of drug-likeness (QED) is 0.289. The molecule has 0 aliphatic carbocycles. The van der Waals surface area contributed by atoms with Gasteiger partial charge in [0.1, 0.15) is 0 Å². The summed E-state index contributed by atoms with van der Waals surface area (Å²) in [7, 11) is 0. The number of allylic oxidation sites excluding steroid dienone is 6. The van der Waals surface area contributed by atoms with Crippen molar-refractivity contribution >= 4 is 5.78 Å². The molecule has 1 aliphatic heterocycles. The summed E-state index contributed by atoms with van der Waals surface area (Å²) in [5, 5.41) is 30.9. The van der Waals surface area contributed by atoms with Crippen LogP contribution in [0.2, 0.25) is 0 Å². The van der Waals surface area contributed by atoms with E-state index in [0.717, 1.165) is 18.4 Å². The highest BCUT2D eigenvalue weighted by atomic mass is 16.5. The zero-order valence-corrected chi connectivity index (χ0v) is 22.7. The van der Waals surface area contributed by atoms with Crippen LogP contribution in [0.4, 0.5) is 0 Å². The average molecular weight is 507 g/mol. The van der Waals surface area contributed by atoms with Crippen LogP contribution in [0.15, 0.2) is 102 Å². The minimum absolute atomic E-state index is 0.0512. The van der Waals surface area contributed by atoms with Gasteiger partial charge in [-0.25, -0.2) is 0 Å². The number of hydrogen-bond acceptors (Lipinski definition) is 5. The van der Waals surface area contributed by atoms with Crippen LogP contribution < -0.4 is 0 Å². The van der Waals surface area contributed by atoms with Crippen LogP contribution in [0.3, 0.4) is 0 Å². The summed E-state index contributed by atoms with van der Waals surface area (Å²) in [6.07, 6.45) is 15.1. The van der Waals surface area contributed by atoms with Crippen LogP contribution in [0.25, 0.3) is 0 Å². The predicted molar refractivity (Wildman–Crippen MR) is 150 cm³/mol. The molecule has 0 radical (unpaired) electrons. The molecule has 5 nitrogen and oxygen atoms in total. The third-order valence-corrected chi connectivity index (χ3v) is 6.61. The van der Waals surface area contributed by atoms with E-state index in [1.54, 1.807) is 32.1 Å². The van der Waals surface area contributed by atoms with Gasteiger partial charge in [0, 0.05) is 11.5 Å². The van der Waals surface area contributed by atoms with Gasteiger partial charge in [-0.05, 0) is 57.6 Å². The van der Waals surface area contributed by atoms with Crippen molar-refractivity contribution in [2.75, 3.05) is 0 Å². The first-order chi connectivity index (χ1) is 17.6. The van der Waals surface area contributed by atoms with Gasteiger partial charge >= 0.3 is 0 Å². The minimum Gasteiger partial charge on any atom is -0.504 e. The number of carbonyl (C=O) groups excluding carboxylic acids is 1. The summed E-state index contributed by atoms with van der Waals surface area (Å²) >= 11 is 0. The molecule has 1 heterocycles. The van der Waals surface area contributed by atoms with Crippen molar-refractivity contribution in [1.82, 2.24) is 0 Å². The normalized spacial score (nSPS) is 21.7. The molecule has 200 valence electrons. The predicted octanol–water partition coefficient (Wildman–Crippen LogP) is 6.32. The standard InChI is InChI=1S/C32H42O5/c1-22(13-11-14-23(2)30(34)24(3)18-19-27-15-7-6-8-16-27)12-9-10-17-28(33)20-21-29-32(36)25(4)31(35)26(5)37-29/h6-17,21,23-24,26,28,30,33-34,36H,18-20H2,1-5H3/b12-9+,14-11+,17-10-,22-13+,29-21?. The number of ketones is 1. The van der Waals surface area contributed by atoms with Gasteiger partial charge in [0.25, 0.3) is 0 Å². The van der Waals surface area contributed by atoms with E-state index in [1.807, 2.05) is 62.4 Å². The van der Waals surface area contributed by atoms with E-state index in [0.29, 0.717) is 0 Å². The summed E-state index contributed by atoms with van der Waals surface area (Å²) in [5.41, 5.74) is 2.61. The Morgan fingerprint density at radius 2 is 1.78 bits per heavy atom. The molecule has 0 saturated carbocycles. The SMILES string of the molecule is CC1=C(O)C(=CCC(O)\C=C/C=C/C(C)=C/C=C/C(C)C(O)C(C)CCc2ccccc2)OC(C)C1=O. The molecule has 0 aromatic heterocycles. The molecule has 0 fully saturated rings. The Hall–Kier alpha value is -3.15. The van der Waals surface area contributed by atoms with Gasteiger partial charge in [-0.15, -0.1) is 0 Å². The first kappa shape index (κ1) is 30.1. The van der Waals surface area contributed by atoms with Crippen molar-refractivity contribution in [1.29, 1.82) is 0 Å². The fourth-order valence-electron chi connectivity index (χ4n) is 4.04. The van der Waals surface area contributed by atoms with Gasteiger partial charge < -0.3 is 20.1 Å². The minimum atomic E-state index is -0.753. The van der Waals surface area contributed by atoms with Gasteiger partial charge in [-0.2, -0.15) is 0 Å². The Morgan fingerprint density at radius 1 is 1.08 bits per heavy atom. The highest BCUT2D eigenvalue weighted by Crippen LogP contribution is 2.24. The maximum Gasteiger partial charge on any atom is 0.202 e. The Morgan fingerprint density at radius 3 is 2.49 bits per heavy atom. The lowest BCUT2D eigenvalue weighted by atomic mass is 9.88. The number of rotatable bonds is 12. The van der Waals surface area contributed by atoms with Gasteiger partial charge in [0.2, 0.25) is 5.78 Å². The second kappa shape index (κ2) is 15.2. The first-order valence-electron chi connectivity index (χ1n) is 13.0. The highest BCUT2D eigenvalue weighted by molar-refractivity contribution is 6.00. The molecule has 0 spiro atoms. The molecule has 2 rings (SSSR count). The lowest BCUT2D eigenvalue weighted by Crippen LogP contribution is -2.28. The molecule has 3 N–H and O–H groups in total.